The summed E-state index contributed by atoms with van der Waals surface area (Å²) in [5.41, 5.74) is 0. The van der Waals surface area contributed by atoms with Crippen molar-refractivity contribution >= 4 is 0 Å². The van der Waals surface area contributed by atoms with E-state index in [1.807, 2.05) is 0 Å². The van der Waals surface area contributed by atoms with E-state index in [0.717, 1.165) is 13.0 Å². The zero-order valence-corrected chi connectivity index (χ0v) is 13.9. The molecule has 1 saturated carbocycles. The van der Waals surface area contributed by atoms with E-state index < -0.39 is 12.2 Å². The molecule has 2 unspecified atom stereocenters. The fourth-order valence-corrected chi connectivity index (χ4v) is 3.17. The monoisotopic (exact) mass is 300 g/mol. The highest BCUT2D eigenvalue weighted by molar-refractivity contribution is 4.82. The van der Waals surface area contributed by atoms with Crippen molar-refractivity contribution < 1.29 is 14.9 Å². The van der Waals surface area contributed by atoms with E-state index in [0.29, 0.717) is 25.4 Å². The Labute approximate surface area is 131 Å². The molecular formula is C18H36O3. The van der Waals surface area contributed by atoms with Gasteiger partial charge in [-0.15, -0.1) is 0 Å². The summed E-state index contributed by atoms with van der Waals surface area (Å²) in [6.07, 6.45) is 13.8. The number of aliphatic hydroxyl groups is 2. The van der Waals surface area contributed by atoms with Gasteiger partial charge in [0.05, 0.1) is 12.2 Å². The number of aliphatic hydroxyl groups excluding tert-OH is 2. The van der Waals surface area contributed by atoms with Gasteiger partial charge in [0, 0.05) is 13.2 Å². The first kappa shape index (κ1) is 18.9. The second-order valence-corrected chi connectivity index (χ2v) is 6.73. The van der Waals surface area contributed by atoms with E-state index in [4.69, 9.17) is 4.74 Å². The minimum atomic E-state index is -0.532. The quantitative estimate of drug-likeness (QED) is 0.504. The Morgan fingerprint density at radius 2 is 1.24 bits per heavy atom. The van der Waals surface area contributed by atoms with Crippen LogP contribution in [0.15, 0.2) is 0 Å². The Hall–Kier alpha value is -0.120. The van der Waals surface area contributed by atoms with E-state index in [1.54, 1.807) is 0 Å². The summed E-state index contributed by atoms with van der Waals surface area (Å²) in [6.45, 7) is 3.80. The van der Waals surface area contributed by atoms with E-state index >= 15 is 0 Å². The summed E-state index contributed by atoms with van der Waals surface area (Å²) in [6, 6.07) is 0. The number of unbranched alkanes of at least 4 members (excludes halogenated alkanes) is 9. The van der Waals surface area contributed by atoms with Gasteiger partial charge in [0.25, 0.3) is 0 Å². The predicted octanol–water partition coefficient (Wildman–Crippen LogP) is 4.06. The molecule has 21 heavy (non-hydrogen) atoms. The molecule has 0 aliphatic heterocycles. The molecule has 2 atom stereocenters. The zero-order chi connectivity index (χ0) is 15.3. The molecule has 3 heteroatoms. The molecule has 3 nitrogen and oxygen atoms in total. The van der Waals surface area contributed by atoms with Crippen LogP contribution in [0.25, 0.3) is 0 Å². The molecule has 1 aliphatic rings. The van der Waals surface area contributed by atoms with E-state index in [1.165, 1.54) is 57.8 Å². The smallest absolute Gasteiger partial charge is 0.0802 e. The first-order valence-electron chi connectivity index (χ1n) is 9.18. The molecule has 0 spiro atoms. The average molecular weight is 300 g/mol. The Bertz CT molecular complexity index is 223. The molecular weight excluding hydrogens is 264 g/mol. The van der Waals surface area contributed by atoms with Crippen LogP contribution in [0.4, 0.5) is 0 Å². The van der Waals surface area contributed by atoms with Gasteiger partial charge in [0.15, 0.2) is 0 Å². The summed E-state index contributed by atoms with van der Waals surface area (Å²) in [5.74, 6) is 0.345. The zero-order valence-electron chi connectivity index (χ0n) is 13.9. The van der Waals surface area contributed by atoms with Crippen LogP contribution in [0.1, 0.15) is 84.0 Å². The predicted molar refractivity (Wildman–Crippen MR) is 87.4 cm³/mol. The van der Waals surface area contributed by atoms with Crippen LogP contribution in [0.3, 0.4) is 0 Å². The Morgan fingerprint density at radius 1 is 0.762 bits per heavy atom. The van der Waals surface area contributed by atoms with Crippen LogP contribution in [-0.2, 0) is 4.74 Å². The third-order valence-electron chi connectivity index (χ3n) is 4.59. The third-order valence-corrected chi connectivity index (χ3v) is 4.59. The summed E-state index contributed by atoms with van der Waals surface area (Å²) in [7, 11) is 0. The van der Waals surface area contributed by atoms with Crippen molar-refractivity contribution in [3.8, 4) is 0 Å². The number of ether oxygens (including phenoxy) is 1. The topological polar surface area (TPSA) is 49.7 Å². The number of hydrogen-bond acceptors (Lipinski definition) is 3. The molecule has 0 aromatic carbocycles. The van der Waals surface area contributed by atoms with Crippen LogP contribution < -0.4 is 0 Å². The van der Waals surface area contributed by atoms with Crippen molar-refractivity contribution in [2.45, 2.75) is 96.2 Å². The Balaban J connectivity index is 1.75. The molecule has 1 fully saturated rings. The van der Waals surface area contributed by atoms with E-state index in [2.05, 4.69) is 6.92 Å². The molecule has 0 saturated heterocycles. The van der Waals surface area contributed by atoms with Crippen LogP contribution in [-0.4, -0.2) is 35.6 Å². The molecule has 0 radical (unpaired) electrons. The van der Waals surface area contributed by atoms with Crippen molar-refractivity contribution in [1.82, 2.24) is 0 Å². The standard InChI is InChI=1S/C18H36O3/c1-2-3-4-5-6-7-8-9-10-11-12-21-15-16-13-17(19)18(20)14-16/h16-20H,2-15H2,1H3. The molecule has 1 rings (SSSR count). The summed E-state index contributed by atoms with van der Waals surface area (Å²) in [5, 5.41) is 18.9. The normalized spacial score (nSPS) is 25.6. The first-order valence-corrected chi connectivity index (χ1v) is 9.18. The van der Waals surface area contributed by atoms with Gasteiger partial charge in [-0.2, -0.15) is 0 Å². The average Bonchev–Trinajstić information content (AvgIpc) is 2.79. The van der Waals surface area contributed by atoms with Crippen molar-refractivity contribution in [3.63, 3.8) is 0 Å². The van der Waals surface area contributed by atoms with Gasteiger partial charge in [0.2, 0.25) is 0 Å². The maximum Gasteiger partial charge on any atom is 0.0802 e. The van der Waals surface area contributed by atoms with Crippen molar-refractivity contribution in [2.75, 3.05) is 13.2 Å². The maximum atomic E-state index is 9.45. The number of hydrogen-bond donors (Lipinski definition) is 2. The second-order valence-electron chi connectivity index (χ2n) is 6.73. The van der Waals surface area contributed by atoms with Gasteiger partial charge in [-0.1, -0.05) is 64.7 Å². The van der Waals surface area contributed by atoms with Crippen molar-refractivity contribution in [1.29, 1.82) is 0 Å². The lowest BCUT2D eigenvalue weighted by atomic mass is 10.1. The van der Waals surface area contributed by atoms with E-state index in [9.17, 15) is 10.2 Å². The fraction of sp³-hybridized carbons (Fsp3) is 1.00. The van der Waals surface area contributed by atoms with Crippen LogP contribution in [0.2, 0.25) is 0 Å². The Morgan fingerprint density at radius 3 is 1.76 bits per heavy atom. The summed E-state index contributed by atoms with van der Waals surface area (Å²) >= 11 is 0. The minimum absolute atomic E-state index is 0.345. The van der Waals surface area contributed by atoms with Crippen LogP contribution in [0, 0.1) is 5.92 Å². The summed E-state index contributed by atoms with van der Waals surface area (Å²) in [4.78, 5) is 0. The molecule has 126 valence electrons. The van der Waals surface area contributed by atoms with Gasteiger partial charge in [-0.05, 0) is 25.2 Å². The Kier molecular flexibility index (Phi) is 11.2. The molecule has 2 N–H and O–H groups in total. The minimum Gasteiger partial charge on any atom is -0.390 e. The highest BCUT2D eigenvalue weighted by Crippen LogP contribution is 2.26. The highest BCUT2D eigenvalue weighted by atomic mass is 16.5. The molecule has 0 bridgehead atoms. The van der Waals surface area contributed by atoms with Crippen molar-refractivity contribution in [2.24, 2.45) is 5.92 Å². The highest BCUT2D eigenvalue weighted by Gasteiger charge is 2.31. The second kappa shape index (κ2) is 12.4. The summed E-state index contributed by atoms with van der Waals surface area (Å²) < 4.78 is 5.66. The molecule has 0 heterocycles. The lowest BCUT2D eigenvalue weighted by Crippen LogP contribution is -2.17. The molecule has 0 amide bonds. The van der Waals surface area contributed by atoms with Gasteiger partial charge < -0.3 is 14.9 Å². The SMILES string of the molecule is CCCCCCCCCCCCOCC1CC(O)C(O)C1. The number of rotatable bonds is 13. The molecule has 1 aliphatic carbocycles. The fourth-order valence-electron chi connectivity index (χ4n) is 3.17. The van der Waals surface area contributed by atoms with Gasteiger partial charge in [-0.3, -0.25) is 0 Å². The van der Waals surface area contributed by atoms with Crippen molar-refractivity contribution in [3.05, 3.63) is 0 Å². The molecule has 0 aromatic heterocycles. The maximum absolute atomic E-state index is 9.45. The lowest BCUT2D eigenvalue weighted by molar-refractivity contribution is 0.0438. The van der Waals surface area contributed by atoms with Gasteiger partial charge in [-0.25, -0.2) is 0 Å². The van der Waals surface area contributed by atoms with Gasteiger partial charge in [0.1, 0.15) is 0 Å². The van der Waals surface area contributed by atoms with Crippen LogP contribution >= 0.6 is 0 Å². The lowest BCUT2D eigenvalue weighted by Gasteiger charge is -2.09. The van der Waals surface area contributed by atoms with Crippen LogP contribution in [0.5, 0.6) is 0 Å². The van der Waals surface area contributed by atoms with E-state index in [-0.39, 0.29) is 0 Å². The first-order chi connectivity index (χ1) is 10.2. The third kappa shape index (κ3) is 9.49. The molecule has 0 aromatic rings. The largest absolute Gasteiger partial charge is 0.390 e. The van der Waals surface area contributed by atoms with Gasteiger partial charge >= 0.3 is 0 Å².